The van der Waals surface area contributed by atoms with E-state index in [-0.39, 0.29) is 0 Å². The van der Waals surface area contributed by atoms with Crippen LogP contribution in [-0.4, -0.2) is 75.7 Å². The molecule has 29 heavy (non-hydrogen) atoms. The lowest BCUT2D eigenvalue weighted by Gasteiger charge is -2.21. The SMILES string of the molecule is [C-]#[N+]CCCCN(CCCCC#N)CCOCCOCCNC(=O)OC(C)(C)C. The molecule has 0 saturated heterocycles. The van der Waals surface area contributed by atoms with Gasteiger partial charge in [0, 0.05) is 25.9 Å². The zero-order valence-corrected chi connectivity index (χ0v) is 18.4. The van der Waals surface area contributed by atoms with Crippen LogP contribution in [0.4, 0.5) is 4.79 Å². The van der Waals surface area contributed by atoms with Gasteiger partial charge in [-0.15, -0.1) is 0 Å². The van der Waals surface area contributed by atoms with Gasteiger partial charge < -0.3 is 29.3 Å². The number of carbonyl (C=O) groups is 1. The van der Waals surface area contributed by atoms with Crippen molar-refractivity contribution >= 4 is 6.09 Å². The Kier molecular flexibility index (Phi) is 17.0. The third-order valence-corrected chi connectivity index (χ3v) is 3.85. The topological polar surface area (TPSA) is 88.2 Å². The number of ether oxygens (including phenoxy) is 3. The summed E-state index contributed by atoms with van der Waals surface area (Å²) in [4.78, 5) is 17.2. The van der Waals surface area contributed by atoms with Crippen molar-refractivity contribution in [3.63, 3.8) is 0 Å². The molecule has 0 atom stereocenters. The highest BCUT2D eigenvalue weighted by Gasteiger charge is 2.15. The number of hydrogen-bond acceptors (Lipinski definition) is 6. The first-order chi connectivity index (χ1) is 13.9. The summed E-state index contributed by atoms with van der Waals surface area (Å²) in [5, 5.41) is 11.3. The predicted octanol–water partition coefficient (Wildman–Crippen LogP) is 3.24. The number of alkyl carbamates (subject to hydrolysis) is 1. The molecule has 1 N–H and O–H groups in total. The van der Waals surface area contributed by atoms with Crippen LogP contribution < -0.4 is 5.32 Å². The summed E-state index contributed by atoms with van der Waals surface area (Å²) in [6.07, 6.45) is 4.01. The highest BCUT2D eigenvalue weighted by Crippen LogP contribution is 2.06. The van der Waals surface area contributed by atoms with Crippen molar-refractivity contribution < 1.29 is 19.0 Å². The lowest BCUT2D eigenvalue weighted by Crippen LogP contribution is -2.34. The summed E-state index contributed by atoms with van der Waals surface area (Å²) >= 11 is 0. The van der Waals surface area contributed by atoms with E-state index >= 15 is 0 Å². The smallest absolute Gasteiger partial charge is 0.407 e. The van der Waals surface area contributed by atoms with E-state index < -0.39 is 11.7 Å². The van der Waals surface area contributed by atoms with Gasteiger partial charge in [-0.3, -0.25) is 0 Å². The van der Waals surface area contributed by atoms with E-state index in [0.29, 0.717) is 45.9 Å². The molecule has 166 valence electrons. The van der Waals surface area contributed by atoms with Gasteiger partial charge >= 0.3 is 6.09 Å². The van der Waals surface area contributed by atoms with E-state index in [4.69, 9.17) is 26.0 Å². The van der Waals surface area contributed by atoms with Gasteiger partial charge in [-0.05, 0) is 53.1 Å². The first-order valence-electron chi connectivity index (χ1n) is 10.4. The fourth-order valence-corrected chi connectivity index (χ4v) is 2.46. The minimum absolute atomic E-state index is 0.399. The molecular formula is C21H38N4O4. The van der Waals surface area contributed by atoms with Gasteiger partial charge in [0.15, 0.2) is 0 Å². The van der Waals surface area contributed by atoms with Crippen molar-refractivity contribution in [1.29, 1.82) is 5.26 Å². The van der Waals surface area contributed by atoms with Crippen molar-refractivity contribution in [1.82, 2.24) is 10.2 Å². The van der Waals surface area contributed by atoms with E-state index in [0.717, 1.165) is 45.3 Å². The molecule has 0 rings (SSSR count). The number of nitriles is 1. The Balaban J connectivity index is 3.72. The first-order valence-corrected chi connectivity index (χ1v) is 10.4. The molecule has 0 aliphatic heterocycles. The van der Waals surface area contributed by atoms with E-state index in [1.54, 1.807) is 0 Å². The maximum Gasteiger partial charge on any atom is 0.407 e. The van der Waals surface area contributed by atoms with Gasteiger partial charge in [0.05, 0.1) is 32.5 Å². The average molecular weight is 411 g/mol. The molecule has 0 unspecified atom stereocenters. The molecule has 0 heterocycles. The predicted molar refractivity (Wildman–Crippen MR) is 112 cm³/mol. The van der Waals surface area contributed by atoms with E-state index in [2.05, 4.69) is 21.1 Å². The van der Waals surface area contributed by atoms with Crippen LogP contribution in [0.5, 0.6) is 0 Å². The number of rotatable bonds is 17. The fraction of sp³-hybridized carbons (Fsp3) is 0.857. The minimum Gasteiger partial charge on any atom is -0.444 e. The Hall–Kier alpha value is -1.87. The van der Waals surface area contributed by atoms with Gasteiger partial charge in [-0.1, -0.05) is 0 Å². The molecule has 0 fully saturated rings. The number of nitrogens with one attached hydrogen (secondary N) is 1. The first kappa shape index (κ1) is 27.1. The Morgan fingerprint density at radius 2 is 1.69 bits per heavy atom. The molecule has 0 aromatic heterocycles. The highest BCUT2D eigenvalue weighted by atomic mass is 16.6. The van der Waals surface area contributed by atoms with E-state index in [1.807, 2.05) is 20.8 Å². The lowest BCUT2D eigenvalue weighted by molar-refractivity contribution is 0.0342. The standard InChI is InChI=1S/C21H38N4O4/c1-21(2,3)29-20(26)24-12-16-27-18-19-28-17-15-25(13-8-5-6-10-22)14-9-7-11-23-4/h5-9,11-19H2,1-3H3,(H,24,26). The minimum atomic E-state index is -0.501. The largest absolute Gasteiger partial charge is 0.444 e. The lowest BCUT2D eigenvalue weighted by atomic mass is 10.2. The van der Waals surface area contributed by atoms with Crippen molar-refractivity contribution in [2.75, 3.05) is 59.2 Å². The van der Waals surface area contributed by atoms with Crippen molar-refractivity contribution in [3.8, 4) is 6.07 Å². The molecule has 0 bridgehead atoms. The summed E-state index contributed by atoms with van der Waals surface area (Å²) in [5.41, 5.74) is -0.501. The van der Waals surface area contributed by atoms with Gasteiger partial charge in [-0.25, -0.2) is 11.4 Å². The van der Waals surface area contributed by atoms with Crippen LogP contribution in [0.1, 0.15) is 52.9 Å². The summed E-state index contributed by atoms with van der Waals surface area (Å²) in [5.74, 6) is 0. The number of carbonyl (C=O) groups excluding carboxylic acids is 1. The van der Waals surface area contributed by atoms with Crippen LogP contribution >= 0.6 is 0 Å². The molecule has 0 aliphatic carbocycles. The van der Waals surface area contributed by atoms with Gasteiger partial charge in [0.1, 0.15) is 5.60 Å². The van der Waals surface area contributed by atoms with Crippen LogP contribution in [0.3, 0.4) is 0 Å². The van der Waals surface area contributed by atoms with E-state index in [9.17, 15) is 4.79 Å². The van der Waals surface area contributed by atoms with Crippen LogP contribution in [-0.2, 0) is 14.2 Å². The maximum absolute atomic E-state index is 11.5. The average Bonchev–Trinajstić information content (AvgIpc) is 2.65. The van der Waals surface area contributed by atoms with Crippen molar-refractivity contribution in [3.05, 3.63) is 11.4 Å². The molecule has 0 aromatic carbocycles. The van der Waals surface area contributed by atoms with Gasteiger partial charge in [0.25, 0.3) is 0 Å². The third kappa shape index (κ3) is 20.7. The summed E-state index contributed by atoms with van der Waals surface area (Å²) in [7, 11) is 0. The van der Waals surface area contributed by atoms with Crippen LogP contribution in [0.15, 0.2) is 0 Å². The molecule has 1 amide bonds. The van der Waals surface area contributed by atoms with Crippen LogP contribution in [0.2, 0.25) is 0 Å². The zero-order valence-electron chi connectivity index (χ0n) is 18.4. The normalized spacial score (nSPS) is 11.1. The number of unbranched alkanes of at least 4 members (excludes halogenated alkanes) is 3. The Morgan fingerprint density at radius 1 is 1.03 bits per heavy atom. The fourth-order valence-electron chi connectivity index (χ4n) is 2.46. The molecule has 0 aromatic rings. The Labute approximate surface area is 176 Å². The van der Waals surface area contributed by atoms with Crippen molar-refractivity contribution in [2.24, 2.45) is 0 Å². The Bertz CT molecular complexity index is 472. The molecule has 8 heteroatoms. The number of amides is 1. The second kappa shape index (κ2) is 18.2. The van der Waals surface area contributed by atoms with Gasteiger partial charge in [0.2, 0.25) is 6.54 Å². The van der Waals surface area contributed by atoms with Crippen LogP contribution in [0, 0.1) is 17.9 Å². The number of hydrogen-bond donors (Lipinski definition) is 1. The van der Waals surface area contributed by atoms with Crippen molar-refractivity contribution in [2.45, 2.75) is 58.5 Å². The molecule has 0 aliphatic rings. The quantitative estimate of drug-likeness (QED) is 0.293. The Morgan fingerprint density at radius 3 is 2.31 bits per heavy atom. The molecular weight excluding hydrogens is 372 g/mol. The monoisotopic (exact) mass is 410 g/mol. The van der Waals surface area contributed by atoms with Crippen LogP contribution in [0.25, 0.3) is 4.85 Å². The second-order valence-electron chi connectivity index (χ2n) is 7.70. The molecule has 0 spiro atoms. The third-order valence-electron chi connectivity index (χ3n) is 3.85. The van der Waals surface area contributed by atoms with Gasteiger partial charge in [-0.2, -0.15) is 5.26 Å². The summed E-state index contributed by atoms with van der Waals surface area (Å²) in [6.45, 7) is 18.1. The molecule has 8 nitrogen and oxygen atoms in total. The summed E-state index contributed by atoms with van der Waals surface area (Å²) in [6, 6.07) is 2.18. The number of nitrogens with zero attached hydrogens (tertiary/aromatic N) is 3. The molecule has 0 radical (unpaired) electrons. The second-order valence-corrected chi connectivity index (χ2v) is 7.70. The molecule has 0 saturated carbocycles. The zero-order chi connectivity index (χ0) is 21.8. The highest BCUT2D eigenvalue weighted by molar-refractivity contribution is 5.67. The summed E-state index contributed by atoms with van der Waals surface area (Å²) < 4.78 is 16.2. The van der Waals surface area contributed by atoms with E-state index in [1.165, 1.54) is 0 Å². The maximum atomic E-state index is 11.5.